The van der Waals surface area contributed by atoms with E-state index < -0.39 is 25.9 Å². The molecule has 22 heavy (non-hydrogen) atoms. The van der Waals surface area contributed by atoms with Crippen LogP contribution in [-0.4, -0.2) is 37.0 Å². The highest BCUT2D eigenvalue weighted by Crippen LogP contribution is 2.65. The molecule has 1 aliphatic carbocycles. The molecule has 2 atom stereocenters. The van der Waals surface area contributed by atoms with Crippen molar-refractivity contribution in [2.45, 2.75) is 55.7 Å². The van der Waals surface area contributed by atoms with Crippen LogP contribution in [0.4, 0.5) is 13.2 Å². The average Bonchev–Trinajstić information content (AvgIpc) is 2.81. The molecule has 2 aliphatic rings. The van der Waals surface area contributed by atoms with Crippen LogP contribution < -0.4 is 0 Å². The summed E-state index contributed by atoms with van der Waals surface area (Å²) in [6.07, 6.45) is 6.66. The lowest BCUT2D eigenvalue weighted by Gasteiger charge is -2.43. The standard InChI is InChI=1S/C13H21F3O4S2/c14-13(15,16)22(18,19)20-21(10-8-17)9-4-7-12(21)11-5-2-1-3-6-11/h8,11-12H,1-7,9-10H2. The molecule has 9 heteroatoms. The van der Waals surface area contributed by atoms with Gasteiger partial charge in [0.25, 0.3) is 0 Å². The van der Waals surface area contributed by atoms with Crippen LogP contribution in [0, 0.1) is 5.92 Å². The molecule has 0 N–H and O–H groups in total. The molecule has 1 heterocycles. The third-order valence-electron chi connectivity index (χ3n) is 4.56. The molecule has 130 valence electrons. The summed E-state index contributed by atoms with van der Waals surface area (Å²) < 4.78 is 65.7. The maximum atomic E-state index is 12.7. The lowest BCUT2D eigenvalue weighted by molar-refractivity contribution is -0.105. The van der Waals surface area contributed by atoms with Gasteiger partial charge in [-0.15, -0.1) is 10.3 Å². The summed E-state index contributed by atoms with van der Waals surface area (Å²) in [6, 6.07) is 0. The van der Waals surface area contributed by atoms with E-state index in [1.54, 1.807) is 0 Å². The van der Waals surface area contributed by atoms with E-state index in [1.165, 1.54) is 0 Å². The minimum atomic E-state index is -5.66. The minimum absolute atomic E-state index is 0.176. The zero-order valence-electron chi connectivity index (χ0n) is 12.2. The highest BCUT2D eigenvalue weighted by Gasteiger charge is 2.54. The summed E-state index contributed by atoms with van der Waals surface area (Å²) in [6.45, 7) is 0. The highest BCUT2D eigenvalue weighted by molar-refractivity contribution is 8.34. The van der Waals surface area contributed by atoms with Crippen molar-refractivity contribution in [1.29, 1.82) is 0 Å². The molecular formula is C13H21F3O4S2. The summed E-state index contributed by atoms with van der Waals surface area (Å²) in [4.78, 5) is 11.0. The lowest BCUT2D eigenvalue weighted by atomic mass is 9.85. The zero-order valence-corrected chi connectivity index (χ0v) is 13.8. The van der Waals surface area contributed by atoms with E-state index >= 15 is 0 Å². The van der Waals surface area contributed by atoms with Crippen LogP contribution in [-0.2, 0) is 18.5 Å². The Hall–Kier alpha value is -0.280. The van der Waals surface area contributed by atoms with Crippen LogP contribution in [0.2, 0.25) is 0 Å². The number of hydrogen-bond donors (Lipinski definition) is 0. The molecule has 0 bridgehead atoms. The second-order valence-corrected chi connectivity index (χ2v) is 11.0. The van der Waals surface area contributed by atoms with Gasteiger partial charge in [0.05, 0.1) is 5.75 Å². The number of rotatable bonds is 5. The first-order valence-electron chi connectivity index (χ1n) is 7.45. The zero-order chi connectivity index (χ0) is 16.4. The van der Waals surface area contributed by atoms with Gasteiger partial charge in [0.1, 0.15) is 6.29 Å². The molecular weight excluding hydrogens is 341 g/mol. The van der Waals surface area contributed by atoms with Crippen molar-refractivity contribution in [3.63, 3.8) is 0 Å². The lowest BCUT2D eigenvalue weighted by Crippen LogP contribution is -2.34. The summed E-state index contributed by atoms with van der Waals surface area (Å²) >= 11 is 0. The van der Waals surface area contributed by atoms with E-state index in [0.717, 1.165) is 32.1 Å². The minimum Gasteiger partial charge on any atom is -0.302 e. The van der Waals surface area contributed by atoms with Crippen LogP contribution in [0.15, 0.2) is 0 Å². The van der Waals surface area contributed by atoms with Gasteiger partial charge in [0, 0.05) is 11.0 Å². The predicted octanol–water partition coefficient (Wildman–Crippen LogP) is 3.51. The molecule has 0 amide bonds. The number of hydrogen-bond acceptors (Lipinski definition) is 4. The van der Waals surface area contributed by atoms with Crippen molar-refractivity contribution in [3.8, 4) is 0 Å². The third kappa shape index (κ3) is 3.62. The first-order chi connectivity index (χ1) is 10.2. The van der Waals surface area contributed by atoms with E-state index in [1.807, 2.05) is 0 Å². The van der Waals surface area contributed by atoms with Crippen molar-refractivity contribution in [2.24, 2.45) is 5.92 Å². The van der Waals surface area contributed by atoms with Gasteiger partial charge in [-0.3, -0.25) is 0 Å². The molecule has 1 aliphatic heterocycles. The Morgan fingerprint density at radius 2 is 1.73 bits per heavy atom. The Labute approximate surface area is 130 Å². The van der Waals surface area contributed by atoms with Crippen LogP contribution in [0.25, 0.3) is 0 Å². The maximum Gasteiger partial charge on any atom is 0.523 e. The van der Waals surface area contributed by atoms with Crippen molar-refractivity contribution >= 4 is 26.7 Å². The molecule has 0 aromatic heterocycles. The van der Waals surface area contributed by atoms with Crippen molar-refractivity contribution in [1.82, 2.24) is 0 Å². The highest BCUT2D eigenvalue weighted by atomic mass is 32.3. The Kier molecular flexibility index (Phi) is 5.49. The van der Waals surface area contributed by atoms with E-state index in [0.29, 0.717) is 19.1 Å². The van der Waals surface area contributed by atoms with Gasteiger partial charge in [0.15, 0.2) is 0 Å². The van der Waals surface area contributed by atoms with Gasteiger partial charge in [-0.2, -0.15) is 21.6 Å². The summed E-state index contributed by atoms with van der Waals surface area (Å²) in [7, 11) is -8.22. The van der Waals surface area contributed by atoms with Gasteiger partial charge in [-0.05, 0) is 31.6 Å². The topological polar surface area (TPSA) is 60.4 Å². The molecule has 2 unspecified atom stereocenters. The number of alkyl halides is 3. The molecule has 0 aromatic carbocycles. The average molecular weight is 362 g/mol. The largest absolute Gasteiger partial charge is 0.523 e. The van der Waals surface area contributed by atoms with Crippen LogP contribution >= 0.6 is 10.3 Å². The second-order valence-electron chi connectivity index (χ2n) is 5.95. The third-order valence-corrected chi connectivity index (χ3v) is 10.3. The van der Waals surface area contributed by atoms with Gasteiger partial charge < -0.3 is 4.79 Å². The maximum absolute atomic E-state index is 12.7. The Morgan fingerprint density at radius 1 is 1.09 bits per heavy atom. The van der Waals surface area contributed by atoms with Gasteiger partial charge in [0.2, 0.25) is 0 Å². The molecule has 1 saturated carbocycles. The molecule has 2 rings (SSSR count). The van der Waals surface area contributed by atoms with Crippen LogP contribution in [0.3, 0.4) is 0 Å². The fraction of sp³-hybridized carbons (Fsp3) is 0.923. The Bertz CT molecular complexity index is 500. The van der Waals surface area contributed by atoms with Crippen molar-refractivity contribution in [3.05, 3.63) is 0 Å². The van der Waals surface area contributed by atoms with Crippen molar-refractivity contribution in [2.75, 3.05) is 11.5 Å². The van der Waals surface area contributed by atoms with Gasteiger partial charge >= 0.3 is 15.6 Å². The van der Waals surface area contributed by atoms with E-state index in [2.05, 4.69) is 0 Å². The van der Waals surface area contributed by atoms with Gasteiger partial charge in [-0.25, -0.2) is 3.63 Å². The Morgan fingerprint density at radius 3 is 2.27 bits per heavy atom. The Balaban J connectivity index is 2.28. The SMILES string of the molecule is O=CCS1(OS(=O)(=O)C(F)(F)F)CCCC1C1CCCCC1. The fourth-order valence-electron chi connectivity index (χ4n) is 3.64. The monoisotopic (exact) mass is 362 g/mol. The van der Waals surface area contributed by atoms with Crippen molar-refractivity contribution < 1.29 is 30.0 Å². The normalized spacial score (nSPS) is 34.2. The number of aldehydes is 1. The molecule has 0 aromatic rings. The number of halogens is 3. The smallest absolute Gasteiger partial charge is 0.302 e. The van der Waals surface area contributed by atoms with Crippen LogP contribution in [0.1, 0.15) is 44.9 Å². The van der Waals surface area contributed by atoms with E-state index in [9.17, 15) is 26.4 Å². The first-order valence-corrected chi connectivity index (χ1v) is 10.8. The number of carbonyl (C=O) groups excluding carboxylic acids is 1. The summed E-state index contributed by atoms with van der Waals surface area (Å²) in [5, 5.41) is -0.213. The quantitative estimate of drug-likeness (QED) is 0.555. The molecule has 2 fully saturated rings. The second kappa shape index (κ2) is 6.68. The summed E-state index contributed by atoms with van der Waals surface area (Å²) in [5.41, 5.74) is -5.43. The fourth-order valence-corrected chi connectivity index (χ4v) is 9.44. The first kappa shape index (κ1) is 18.1. The molecule has 0 spiro atoms. The predicted molar refractivity (Wildman–Crippen MR) is 79.0 cm³/mol. The molecule has 1 saturated heterocycles. The summed E-state index contributed by atoms with van der Waals surface area (Å²) in [5.74, 6) is 0.223. The van der Waals surface area contributed by atoms with E-state index in [4.69, 9.17) is 3.63 Å². The van der Waals surface area contributed by atoms with E-state index in [-0.39, 0.29) is 22.7 Å². The number of carbonyl (C=O) groups is 1. The molecule has 4 nitrogen and oxygen atoms in total. The van der Waals surface area contributed by atoms with Crippen LogP contribution in [0.5, 0.6) is 0 Å². The van der Waals surface area contributed by atoms with Gasteiger partial charge in [-0.1, -0.05) is 19.3 Å². The molecule has 0 radical (unpaired) electrons.